The van der Waals surface area contributed by atoms with E-state index in [4.69, 9.17) is 0 Å². The van der Waals surface area contributed by atoms with E-state index in [1.807, 2.05) is 6.07 Å². The van der Waals surface area contributed by atoms with Gasteiger partial charge in [-0.15, -0.1) is 0 Å². The van der Waals surface area contributed by atoms with Gasteiger partial charge in [-0.2, -0.15) is 0 Å². The second kappa shape index (κ2) is 4.71. The van der Waals surface area contributed by atoms with Gasteiger partial charge < -0.3 is 0 Å². The van der Waals surface area contributed by atoms with Crippen LogP contribution in [-0.2, 0) is 0 Å². The third kappa shape index (κ3) is 2.07. The second-order valence-electron chi connectivity index (χ2n) is 5.49. The Morgan fingerprint density at radius 3 is 2.38 bits per heavy atom. The first kappa shape index (κ1) is 12.1. The fraction of sp³-hybridized carbons (Fsp3) is 0.0500. The lowest BCUT2D eigenvalue weighted by atomic mass is 10.0. The number of nitrogens with one attached hydrogen (secondary N) is 1. The van der Waals surface area contributed by atoms with E-state index in [0.717, 1.165) is 5.69 Å². The summed E-state index contributed by atoms with van der Waals surface area (Å²) in [4.78, 5) is 3.55. The normalized spacial score (nSPS) is 11.1. The number of H-pyrrole nitrogens is 1. The van der Waals surface area contributed by atoms with Crippen molar-refractivity contribution in [1.29, 1.82) is 0 Å². The van der Waals surface area contributed by atoms with E-state index in [2.05, 4.69) is 78.6 Å². The molecule has 1 heteroatoms. The standard InChI is InChI=1S/C20H15N/c1-14-7-8-15-9-11-20-17(18(15)13-14)10-12-19(21-20)16-5-3-2-4-6-16/h2-13H,1H3/p+1. The van der Waals surface area contributed by atoms with Crippen LogP contribution in [0.4, 0.5) is 0 Å². The van der Waals surface area contributed by atoms with Gasteiger partial charge in [-0.05, 0) is 42.0 Å². The Hall–Kier alpha value is -2.67. The van der Waals surface area contributed by atoms with Gasteiger partial charge in [0, 0.05) is 17.7 Å². The number of aryl methyl sites for hydroxylation is 1. The first-order valence-electron chi connectivity index (χ1n) is 7.22. The molecule has 100 valence electrons. The highest BCUT2D eigenvalue weighted by atomic mass is 14.7. The quantitative estimate of drug-likeness (QED) is 0.442. The van der Waals surface area contributed by atoms with E-state index >= 15 is 0 Å². The highest BCUT2D eigenvalue weighted by molar-refractivity contribution is 6.05. The van der Waals surface area contributed by atoms with Gasteiger partial charge in [-0.25, -0.2) is 4.98 Å². The van der Waals surface area contributed by atoms with E-state index < -0.39 is 0 Å². The topological polar surface area (TPSA) is 14.1 Å². The maximum Gasteiger partial charge on any atom is 0.211 e. The largest absolute Gasteiger partial charge is 0.211 e. The average molecular weight is 270 g/mol. The number of aromatic nitrogens is 1. The van der Waals surface area contributed by atoms with Crippen LogP contribution in [0.25, 0.3) is 32.9 Å². The highest BCUT2D eigenvalue weighted by Crippen LogP contribution is 2.25. The predicted octanol–water partition coefficient (Wildman–Crippen LogP) is 4.78. The van der Waals surface area contributed by atoms with E-state index in [1.54, 1.807) is 0 Å². The summed E-state index contributed by atoms with van der Waals surface area (Å²) < 4.78 is 0. The Balaban J connectivity index is 1.99. The summed E-state index contributed by atoms with van der Waals surface area (Å²) in [6.07, 6.45) is 0. The van der Waals surface area contributed by atoms with Gasteiger partial charge in [-0.1, -0.05) is 42.0 Å². The Kier molecular flexibility index (Phi) is 2.71. The van der Waals surface area contributed by atoms with Crippen molar-refractivity contribution in [3.63, 3.8) is 0 Å². The van der Waals surface area contributed by atoms with Crippen molar-refractivity contribution in [1.82, 2.24) is 0 Å². The Morgan fingerprint density at radius 1 is 0.714 bits per heavy atom. The molecule has 3 aromatic carbocycles. The molecule has 1 heterocycles. The summed E-state index contributed by atoms with van der Waals surface area (Å²) in [5.74, 6) is 0. The molecule has 0 atom stereocenters. The average Bonchev–Trinajstić information content (AvgIpc) is 2.55. The minimum Gasteiger partial charge on any atom is -0.204 e. The molecule has 0 aliphatic heterocycles. The third-order valence-corrected chi connectivity index (χ3v) is 3.99. The Labute approximate surface area is 123 Å². The van der Waals surface area contributed by atoms with Crippen molar-refractivity contribution >= 4 is 21.7 Å². The van der Waals surface area contributed by atoms with Crippen molar-refractivity contribution in [2.75, 3.05) is 0 Å². The number of hydrogen-bond acceptors (Lipinski definition) is 0. The molecule has 21 heavy (non-hydrogen) atoms. The first-order valence-corrected chi connectivity index (χ1v) is 7.22. The van der Waals surface area contributed by atoms with Crippen LogP contribution in [0.2, 0.25) is 0 Å². The van der Waals surface area contributed by atoms with Crippen LogP contribution in [0.3, 0.4) is 0 Å². The second-order valence-corrected chi connectivity index (χ2v) is 5.49. The molecule has 0 unspecified atom stereocenters. The molecule has 0 spiro atoms. The van der Waals surface area contributed by atoms with Crippen LogP contribution < -0.4 is 4.98 Å². The predicted molar refractivity (Wildman–Crippen MR) is 88.2 cm³/mol. The summed E-state index contributed by atoms with van der Waals surface area (Å²) in [7, 11) is 0. The van der Waals surface area contributed by atoms with Gasteiger partial charge in [0.05, 0.1) is 5.39 Å². The van der Waals surface area contributed by atoms with Crippen LogP contribution in [-0.4, -0.2) is 0 Å². The molecule has 0 radical (unpaired) electrons. The van der Waals surface area contributed by atoms with E-state index in [1.165, 1.54) is 32.8 Å². The number of rotatable bonds is 1. The zero-order chi connectivity index (χ0) is 14.2. The monoisotopic (exact) mass is 270 g/mol. The van der Waals surface area contributed by atoms with Crippen LogP contribution in [0.1, 0.15) is 5.56 Å². The Bertz CT molecular complexity index is 940. The van der Waals surface area contributed by atoms with Crippen LogP contribution in [0, 0.1) is 6.92 Å². The third-order valence-electron chi connectivity index (χ3n) is 3.99. The minimum atomic E-state index is 1.15. The summed E-state index contributed by atoms with van der Waals surface area (Å²) in [5, 5.41) is 3.87. The summed E-state index contributed by atoms with van der Waals surface area (Å²) >= 11 is 0. The SMILES string of the molecule is Cc1ccc2ccc3[nH+]c(-c4ccccc4)ccc3c2c1. The van der Waals surface area contributed by atoms with E-state index in [9.17, 15) is 0 Å². The first-order chi connectivity index (χ1) is 10.3. The van der Waals surface area contributed by atoms with E-state index in [-0.39, 0.29) is 0 Å². The Morgan fingerprint density at radius 2 is 1.52 bits per heavy atom. The summed E-state index contributed by atoms with van der Waals surface area (Å²) in [6.45, 7) is 2.14. The van der Waals surface area contributed by atoms with Gasteiger partial charge in [0.2, 0.25) is 11.2 Å². The highest BCUT2D eigenvalue weighted by Gasteiger charge is 2.10. The molecule has 0 fully saturated rings. The molecule has 1 aromatic heterocycles. The molecule has 0 amide bonds. The maximum absolute atomic E-state index is 3.55. The molecule has 1 N–H and O–H groups in total. The van der Waals surface area contributed by atoms with Crippen LogP contribution >= 0.6 is 0 Å². The number of aromatic amines is 1. The van der Waals surface area contributed by atoms with E-state index in [0.29, 0.717) is 0 Å². The molecule has 0 saturated heterocycles. The summed E-state index contributed by atoms with van der Waals surface area (Å²) in [6, 6.07) is 25.8. The molecule has 0 saturated carbocycles. The van der Waals surface area contributed by atoms with Crippen molar-refractivity contribution < 1.29 is 4.98 Å². The lowest BCUT2D eigenvalue weighted by Gasteiger charge is -2.03. The fourth-order valence-electron chi connectivity index (χ4n) is 2.88. The molecule has 4 rings (SSSR count). The van der Waals surface area contributed by atoms with Crippen molar-refractivity contribution in [3.05, 3.63) is 78.4 Å². The van der Waals surface area contributed by atoms with Crippen molar-refractivity contribution in [2.45, 2.75) is 6.92 Å². The van der Waals surface area contributed by atoms with Gasteiger partial charge >= 0.3 is 0 Å². The molecule has 4 aromatic rings. The number of fused-ring (bicyclic) bond motifs is 3. The summed E-state index contributed by atoms with van der Waals surface area (Å²) in [5.41, 5.74) is 4.83. The van der Waals surface area contributed by atoms with Crippen molar-refractivity contribution in [3.8, 4) is 11.3 Å². The van der Waals surface area contributed by atoms with Crippen LogP contribution in [0.5, 0.6) is 0 Å². The lowest BCUT2D eigenvalue weighted by molar-refractivity contribution is -0.330. The molecule has 0 bridgehead atoms. The molecule has 0 aliphatic rings. The number of benzene rings is 3. The van der Waals surface area contributed by atoms with Crippen LogP contribution in [0.15, 0.2) is 72.8 Å². The maximum atomic E-state index is 3.55. The zero-order valence-corrected chi connectivity index (χ0v) is 11.9. The van der Waals surface area contributed by atoms with Crippen molar-refractivity contribution in [2.24, 2.45) is 0 Å². The zero-order valence-electron chi connectivity index (χ0n) is 11.9. The lowest BCUT2D eigenvalue weighted by Crippen LogP contribution is -2.07. The molecular weight excluding hydrogens is 254 g/mol. The number of pyridine rings is 1. The van der Waals surface area contributed by atoms with Gasteiger partial charge in [0.25, 0.3) is 0 Å². The fourth-order valence-corrected chi connectivity index (χ4v) is 2.88. The molecule has 1 nitrogen and oxygen atoms in total. The molecular formula is C20H16N+. The minimum absolute atomic E-state index is 1.15. The number of hydrogen-bond donors (Lipinski definition) is 0. The molecule has 0 aliphatic carbocycles. The van der Waals surface area contributed by atoms with Gasteiger partial charge in [-0.3, -0.25) is 0 Å². The van der Waals surface area contributed by atoms with Gasteiger partial charge in [0.1, 0.15) is 0 Å². The smallest absolute Gasteiger partial charge is 0.204 e. The van der Waals surface area contributed by atoms with Gasteiger partial charge in [0.15, 0.2) is 0 Å².